The summed E-state index contributed by atoms with van der Waals surface area (Å²) in [4.78, 5) is 17.1. The predicted molar refractivity (Wildman–Crippen MR) is 127 cm³/mol. The molecule has 0 spiro atoms. The number of urea groups is 1. The lowest BCUT2D eigenvalue weighted by atomic mass is 9.94. The Hall–Kier alpha value is -2.44. The molecular weight excluding hydrogens is 467 g/mol. The standard InChI is InChI=1S/C24H21Cl3N4O/c25-19-5-2-1-4-16(19)17-12-15(30-10-8-28-9-11-30)13-22-18(17)14-29-24(32)31(22)23-20(26)6-3-7-21(23)27/h1-7,12-13,25,28H,8-11,14H2/p+2. The molecule has 164 valence electrons. The van der Waals surface area contributed by atoms with E-state index in [0.717, 1.165) is 59.3 Å². The van der Waals surface area contributed by atoms with Crippen LogP contribution in [-0.2, 0) is 6.54 Å². The summed E-state index contributed by atoms with van der Waals surface area (Å²) in [5.41, 5.74) is 5.31. The van der Waals surface area contributed by atoms with Gasteiger partial charge >= 0.3 is 6.03 Å². The molecular formula is C24H23Cl3N4O+2. The number of carbonyl (C=O) groups excluding carboxylic acids is 1. The maximum atomic E-state index is 13.1. The zero-order chi connectivity index (χ0) is 22.2. The molecule has 0 radical (unpaired) electrons. The summed E-state index contributed by atoms with van der Waals surface area (Å²) in [6, 6.07) is 17.2. The van der Waals surface area contributed by atoms with Crippen molar-refractivity contribution >= 4 is 46.3 Å². The van der Waals surface area contributed by atoms with Gasteiger partial charge in [-0.1, -0.05) is 41.4 Å². The van der Waals surface area contributed by atoms with Crippen LogP contribution >= 0.6 is 23.2 Å². The van der Waals surface area contributed by atoms with E-state index >= 15 is 0 Å². The summed E-state index contributed by atoms with van der Waals surface area (Å²) >= 11 is 18.7. The molecule has 0 aliphatic carbocycles. The Bertz CT molecular complexity index is 1170. The van der Waals surface area contributed by atoms with Gasteiger partial charge in [-0.15, -0.1) is 0 Å². The zero-order valence-corrected chi connectivity index (χ0v) is 19.6. The van der Waals surface area contributed by atoms with Gasteiger partial charge in [0.25, 0.3) is 0 Å². The van der Waals surface area contributed by atoms with Crippen molar-refractivity contribution in [2.75, 3.05) is 36.0 Å². The molecule has 5 nitrogen and oxygen atoms in total. The molecule has 0 bridgehead atoms. The zero-order valence-electron chi connectivity index (χ0n) is 17.3. The minimum atomic E-state index is -0.255. The van der Waals surface area contributed by atoms with Crippen LogP contribution in [0.15, 0.2) is 54.6 Å². The van der Waals surface area contributed by atoms with E-state index in [1.165, 1.54) is 0 Å². The van der Waals surface area contributed by atoms with Crippen LogP contribution in [0.5, 0.6) is 0 Å². The van der Waals surface area contributed by atoms with Crippen molar-refractivity contribution in [1.82, 2.24) is 5.32 Å². The number of hydrogen-bond donors (Lipinski definition) is 2. The Morgan fingerprint density at radius 2 is 1.66 bits per heavy atom. The largest absolute Gasteiger partial charge is 0.360 e. The first-order chi connectivity index (χ1) is 15.5. The first kappa shape index (κ1) is 21.4. The molecule has 3 aromatic carbocycles. The van der Waals surface area contributed by atoms with Crippen LogP contribution in [0.25, 0.3) is 11.1 Å². The van der Waals surface area contributed by atoms with Crippen LogP contribution in [0.4, 0.5) is 21.9 Å². The van der Waals surface area contributed by atoms with Crippen LogP contribution in [0.3, 0.4) is 0 Å². The van der Waals surface area contributed by atoms with E-state index in [1.54, 1.807) is 23.1 Å². The quantitative estimate of drug-likeness (QED) is 0.582. The Morgan fingerprint density at radius 3 is 2.38 bits per heavy atom. The number of halogens is 3. The van der Waals surface area contributed by atoms with Gasteiger partial charge in [0.2, 0.25) is 5.02 Å². The highest BCUT2D eigenvalue weighted by Gasteiger charge is 2.32. The van der Waals surface area contributed by atoms with E-state index in [0.29, 0.717) is 22.3 Å². The van der Waals surface area contributed by atoms with Crippen molar-refractivity contribution in [3.8, 4) is 11.1 Å². The van der Waals surface area contributed by atoms with Crippen molar-refractivity contribution in [3.05, 3.63) is 75.2 Å². The fraction of sp³-hybridized carbons (Fsp3) is 0.208. The monoisotopic (exact) mass is 488 g/mol. The smallest absolute Gasteiger partial charge is 0.326 e. The third-order valence-electron chi connectivity index (χ3n) is 5.98. The lowest BCUT2D eigenvalue weighted by Gasteiger charge is -2.35. The number of nitrogens with two attached hydrogens (primary N) is 1. The Balaban J connectivity index is 1.76. The third kappa shape index (κ3) is 3.80. The minimum absolute atomic E-state index is 0.255. The Morgan fingerprint density at radius 1 is 0.938 bits per heavy atom. The molecule has 8 heteroatoms. The van der Waals surface area contributed by atoms with E-state index in [-0.39, 0.29) is 6.03 Å². The summed E-state index contributed by atoms with van der Waals surface area (Å²) < 4.78 is 0. The second-order valence-electron chi connectivity index (χ2n) is 7.90. The normalized spacial score (nSPS) is 16.0. The van der Waals surface area contributed by atoms with E-state index in [4.69, 9.17) is 34.8 Å². The first-order valence-electron chi connectivity index (χ1n) is 10.6. The molecule has 0 aromatic heterocycles. The molecule has 2 amide bonds. The SMILES string of the molecule is O=C1NCc2c(-c3ccccc3[ClH+])cc(N3CC[NH2+]CC3)cc2N1c1c(Cl)cccc1Cl. The van der Waals surface area contributed by atoms with E-state index < -0.39 is 0 Å². The number of hydrogen-bond acceptors (Lipinski definition) is 2. The molecule has 0 saturated carbocycles. The number of nitrogens with one attached hydrogen (secondary N) is 1. The summed E-state index contributed by atoms with van der Waals surface area (Å²) in [5, 5.41) is 6.92. The summed E-state index contributed by atoms with van der Waals surface area (Å²) in [6.45, 7) is 4.34. The lowest BCUT2D eigenvalue weighted by Crippen LogP contribution is -2.89. The van der Waals surface area contributed by atoms with E-state index in [1.807, 2.05) is 24.3 Å². The van der Waals surface area contributed by atoms with Crippen LogP contribution < -0.4 is 20.4 Å². The van der Waals surface area contributed by atoms with E-state index in [9.17, 15) is 4.79 Å². The Kier molecular flexibility index (Phi) is 5.91. The molecule has 3 aromatic rings. The average Bonchev–Trinajstić information content (AvgIpc) is 2.80. The molecule has 3 N–H and O–H groups in total. The molecule has 0 unspecified atom stereocenters. The summed E-state index contributed by atoms with van der Waals surface area (Å²) in [6.07, 6.45) is 0. The van der Waals surface area contributed by atoms with Crippen LogP contribution in [0.2, 0.25) is 15.1 Å². The van der Waals surface area contributed by atoms with Gasteiger partial charge in [0.05, 0.1) is 47.6 Å². The third-order valence-corrected chi connectivity index (χ3v) is 6.95. The van der Waals surface area contributed by atoms with Gasteiger partial charge in [-0.2, -0.15) is 0 Å². The number of rotatable bonds is 3. The summed E-state index contributed by atoms with van der Waals surface area (Å²) in [7, 11) is 0. The topological polar surface area (TPSA) is 52.2 Å². The highest BCUT2D eigenvalue weighted by atomic mass is 35.5. The number of piperazine rings is 1. The molecule has 32 heavy (non-hydrogen) atoms. The number of carbonyl (C=O) groups is 1. The predicted octanol–water partition coefficient (Wildman–Crippen LogP) is 4.10. The number of nitrogens with zero attached hydrogens (tertiary/aromatic N) is 2. The molecule has 1 saturated heterocycles. The van der Waals surface area contributed by atoms with Crippen molar-refractivity contribution in [1.29, 1.82) is 0 Å². The van der Waals surface area contributed by atoms with Gasteiger partial charge in [0, 0.05) is 29.4 Å². The number of amides is 2. The fourth-order valence-electron chi connectivity index (χ4n) is 4.42. The molecule has 0 atom stereocenters. The van der Waals surface area contributed by atoms with Gasteiger partial charge in [-0.3, -0.25) is 4.90 Å². The van der Waals surface area contributed by atoms with Crippen molar-refractivity contribution in [3.63, 3.8) is 0 Å². The van der Waals surface area contributed by atoms with Crippen LogP contribution in [-0.4, -0.2) is 32.2 Å². The number of fused-ring (bicyclic) bond motifs is 1. The van der Waals surface area contributed by atoms with Gasteiger partial charge < -0.3 is 15.5 Å². The second kappa shape index (κ2) is 8.83. The number of para-hydroxylation sites is 1. The molecule has 2 heterocycles. The second-order valence-corrected chi connectivity index (χ2v) is 9.16. The maximum Gasteiger partial charge on any atom is 0.326 e. The molecule has 2 aliphatic rings. The fourth-order valence-corrected chi connectivity index (χ4v) is 5.25. The van der Waals surface area contributed by atoms with Gasteiger partial charge in [0.1, 0.15) is 0 Å². The van der Waals surface area contributed by atoms with Crippen molar-refractivity contribution in [2.45, 2.75) is 6.54 Å². The number of benzene rings is 3. The number of quaternary nitrogens is 1. The first-order valence-corrected chi connectivity index (χ1v) is 11.7. The highest BCUT2D eigenvalue weighted by molar-refractivity contribution is 6.40. The van der Waals surface area contributed by atoms with Crippen LogP contribution in [0, 0.1) is 11.6 Å². The highest BCUT2D eigenvalue weighted by Crippen LogP contribution is 2.45. The van der Waals surface area contributed by atoms with Gasteiger partial charge in [-0.25, -0.2) is 4.79 Å². The van der Waals surface area contributed by atoms with Crippen molar-refractivity contribution in [2.24, 2.45) is 0 Å². The van der Waals surface area contributed by atoms with E-state index in [2.05, 4.69) is 27.7 Å². The number of anilines is 3. The van der Waals surface area contributed by atoms with Gasteiger partial charge in [0.15, 0.2) is 11.6 Å². The molecule has 5 rings (SSSR count). The maximum absolute atomic E-state index is 13.1. The molecule has 2 aliphatic heterocycles. The minimum Gasteiger partial charge on any atom is -0.360 e. The average molecular weight is 490 g/mol. The lowest BCUT2D eigenvalue weighted by molar-refractivity contribution is -0.655. The Labute approximate surface area is 201 Å². The summed E-state index contributed by atoms with van der Waals surface area (Å²) in [5.74, 6) is 0. The van der Waals surface area contributed by atoms with Gasteiger partial charge in [-0.05, 0) is 35.9 Å². The molecule has 1 fully saturated rings. The van der Waals surface area contributed by atoms with Crippen molar-refractivity contribution < 1.29 is 21.7 Å². The van der Waals surface area contributed by atoms with Crippen LogP contribution in [0.1, 0.15) is 5.56 Å².